The van der Waals surface area contributed by atoms with E-state index in [0.717, 1.165) is 12.1 Å². The van der Waals surface area contributed by atoms with Crippen LogP contribution >= 0.6 is 0 Å². The lowest BCUT2D eigenvalue weighted by molar-refractivity contribution is 0.0692. The number of aromatic hydroxyl groups is 1. The molecule has 0 saturated carbocycles. The summed E-state index contributed by atoms with van der Waals surface area (Å²) in [6.45, 7) is 0.903. The first-order chi connectivity index (χ1) is 16.4. The van der Waals surface area contributed by atoms with E-state index in [4.69, 9.17) is 4.74 Å². The highest BCUT2D eigenvalue weighted by Crippen LogP contribution is 2.47. The van der Waals surface area contributed by atoms with Crippen molar-refractivity contribution in [3.63, 3.8) is 0 Å². The zero-order valence-corrected chi connectivity index (χ0v) is 17.9. The molecule has 1 aliphatic heterocycles. The van der Waals surface area contributed by atoms with Gasteiger partial charge in [0.15, 0.2) is 11.6 Å². The number of ether oxygens (including phenoxy) is 1. The van der Waals surface area contributed by atoms with Crippen molar-refractivity contribution < 1.29 is 32.9 Å². The lowest BCUT2D eigenvalue weighted by atomic mass is 9.89. The normalized spacial score (nSPS) is 14.6. The maximum atomic E-state index is 15.5. The summed E-state index contributed by atoms with van der Waals surface area (Å²) in [6.07, 6.45) is 1.15. The quantitative estimate of drug-likeness (QED) is 0.386. The molecule has 34 heavy (non-hydrogen) atoms. The minimum atomic E-state index is -1.42. The number of benzene rings is 3. The molecule has 2 heterocycles. The third-order valence-electron chi connectivity index (χ3n) is 6.28. The zero-order chi connectivity index (χ0) is 24.0. The minimum Gasteiger partial charge on any atom is -0.507 e. The standard InChI is InChI=1S/C26H20F3NO4/c27-18-8-7-15(13-19(18)28)30-20-5-2-6-21(31)23(20)22(25(30)14-9-11-34-12-10-14)16-3-1-4-17(24(16)29)26(32)33/h1-8,13-14,31H,9-12H2,(H,32,33). The molecule has 5 nitrogen and oxygen atoms in total. The predicted molar refractivity (Wildman–Crippen MR) is 120 cm³/mol. The molecular formula is C26H20F3NO4. The highest BCUT2D eigenvalue weighted by Gasteiger charge is 2.31. The van der Waals surface area contributed by atoms with Gasteiger partial charge in [0.2, 0.25) is 0 Å². The number of halogens is 3. The number of nitrogens with zero attached hydrogens (tertiary/aromatic N) is 1. The van der Waals surface area contributed by atoms with Crippen molar-refractivity contribution in [2.45, 2.75) is 18.8 Å². The van der Waals surface area contributed by atoms with Crippen LogP contribution in [0.4, 0.5) is 13.2 Å². The highest BCUT2D eigenvalue weighted by molar-refractivity contribution is 6.04. The van der Waals surface area contributed by atoms with Crippen molar-refractivity contribution in [2.75, 3.05) is 13.2 Å². The van der Waals surface area contributed by atoms with Crippen LogP contribution in [0.15, 0.2) is 54.6 Å². The van der Waals surface area contributed by atoms with E-state index in [0.29, 0.717) is 53.9 Å². The van der Waals surface area contributed by atoms with E-state index in [2.05, 4.69) is 0 Å². The molecule has 0 amide bonds. The Hall–Kier alpha value is -3.78. The Morgan fingerprint density at radius 3 is 2.41 bits per heavy atom. The second-order valence-corrected chi connectivity index (χ2v) is 8.22. The Morgan fingerprint density at radius 2 is 1.71 bits per heavy atom. The topological polar surface area (TPSA) is 71.7 Å². The summed E-state index contributed by atoms with van der Waals surface area (Å²) in [5, 5.41) is 20.6. The third kappa shape index (κ3) is 3.51. The fraction of sp³-hybridized carbons (Fsp3) is 0.192. The van der Waals surface area contributed by atoms with Crippen LogP contribution in [-0.4, -0.2) is 34.0 Å². The molecule has 3 aromatic carbocycles. The molecule has 4 aromatic rings. The Balaban J connectivity index is 1.93. The van der Waals surface area contributed by atoms with Gasteiger partial charge in [-0.3, -0.25) is 0 Å². The number of phenolic OH excluding ortho intramolecular Hbond substituents is 1. The minimum absolute atomic E-state index is 0.00854. The van der Waals surface area contributed by atoms with Gasteiger partial charge in [-0.2, -0.15) is 0 Å². The molecule has 0 aliphatic carbocycles. The monoisotopic (exact) mass is 467 g/mol. The average Bonchev–Trinajstić information content (AvgIpc) is 3.17. The second kappa shape index (κ2) is 8.53. The summed E-state index contributed by atoms with van der Waals surface area (Å²) >= 11 is 0. The molecule has 5 rings (SSSR count). The summed E-state index contributed by atoms with van der Waals surface area (Å²) in [7, 11) is 0. The van der Waals surface area contributed by atoms with Gasteiger partial charge in [0.05, 0.1) is 16.5 Å². The van der Waals surface area contributed by atoms with Crippen LogP contribution in [0.25, 0.3) is 27.7 Å². The molecule has 8 heteroatoms. The van der Waals surface area contributed by atoms with E-state index in [1.54, 1.807) is 16.7 Å². The summed E-state index contributed by atoms with van der Waals surface area (Å²) in [5.74, 6) is -4.70. The maximum Gasteiger partial charge on any atom is 0.338 e. The van der Waals surface area contributed by atoms with E-state index < -0.39 is 29.0 Å². The number of carboxylic acids is 1. The van der Waals surface area contributed by atoms with Crippen molar-refractivity contribution in [1.82, 2.24) is 4.57 Å². The second-order valence-electron chi connectivity index (χ2n) is 8.22. The van der Waals surface area contributed by atoms with Gasteiger partial charge in [-0.15, -0.1) is 0 Å². The first-order valence-electron chi connectivity index (χ1n) is 10.8. The van der Waals surface area contributed by atoms with Gasteiger partial charge in [0, 0.05) is 47.7 Å². The fourth-order valence-corrected chi connectivity index (χ4v) is 4.76. The Morgan fingerprint density at radius 1 is 0.971 bits per heavy atom. The van der Waals surface area contributed by atoms with E-state index in [-0.39, 0.29) is 17.2 Å². The average molecular weight is 467 g/mol. The van der Waals surface area contributed by atoms with E-state index >= 15 is 4.39 Å². The van der Waals surface area contributed by atoms with Crippen LogP contribution < -0.4 is 0 Å². The molecule has 0 unspecified atom stereocenters. The van der Waals surface area contributed by atoms with Crippen LogP contribution in [0.2, 0.25) is 0 Å². The Bertz CT molecular complexity index is 1420. The number of fused-ring (bicyclic) bond motifs is 1. The molecule has 1 saturated heterocycles. The van der Waals surface area contributed by atoms with E-state index in [9.17, 15) is 23.8 Å². The third-order valence-corrected chi connectivity index (χ3v) is 6.28. The molecule has 0 spiro atoms. The molecule has 0 radical (unpaired) electrons. The number of rotatable bonds is 4. The van der Waals surface area contributed by atoms with Crippen molar-refractivity contribution in [3.05, 3.63) is 83.3 Å². The summed E-state index contributed by atoms with van der Waals surface area (Å²) in [4.78, 5) is 11.6. The number of carbonyl (C=O) groups is 1. The zero-order valence-electron chi connectivity index (χ0n) is 17.9. The molecule has 0 atom stereocenters. The summed E-state index contributed by atoms with van der Waals surface area (Å²) in [5.41, 5.74) is 1.17. The van der Waals surface area contributed by atoms with E-state index in [1.807, 2.05) is 0 Å². The Labute approximate surface area is 192 Å². The van der Waals surface area contributed by atoms with Gasteiger partial charge < -0.3 is 19.5 Å². The van der Waals surface area contributed by atoms with Gasteiger partial charge in [-0.05, 0) is 43.2 Å². The number of hydrogen-bond acceptors (Lipinski definition) is 3. The van der Waals surface area contributed by atoms with Gasteiger partial charge in [-0.25, -0.2) is 18.0 Å². The van der Waals surface area contributed by atoms with Crippen molar-refractivity contribution in [2.24, 2.45) is 0 Å². The van der Waals surface area contributed by atoms with Gasteiger partial charge >= 0.3 is 5.97 Å². The molecule has 1 fully saturated rings. The smallest absolute Gasteiger partial charge is 0.338 e. The SMILES string of the molecule is O=C(O)c1cccc(-c2c(C3CCOCC3)n(-c3ccc(F)c(F)c3)c3cccc(O)c23)c1F. The summed E-state index contributed by atoms with van der Waals surface area (Å²) in [6, 6.07) is 12.3. The number of aromatic carboxylic acids is 1. The molecule has 2 N–H and O–H groups in total. The maximum absolute atomic E-state index is 15.5. The van der Waals surface area contributed by atoms with Gasteiger partial charge in [-0.1, -0.05) is 18.2 Å². The molecule has 1 aromatic heterocycles. The lowest BCUT2D eigenvalue weighted by Gasteiger charge is -2.26. The number of carboxylic acid groups (broad SMARTS) is 1. The predicted octanol–water partition coefficient (Wildman–Crippen LogP) is 6.01. The molecule has 1 aliphatic rings. The fourth-order valence-electron chi connectivity index (χ4n) is 4.76. The first-order valence-corrected chi connectivity index (χ1v) is 10.8. The van der Waals surface area contributed by atoms with Crippen molar-refractivity contribution in [1.29, 1.82) is 0 Å². The largest absolute Gasteiger partial charge is 0.507 e. The van der Waals surface area contributed by atoms with Crippen molar-refractivity contribution >= 4 is 16.9 Å². The lowest BCUT2D eigenvalue weighted by Crippen LogP contribution is -2.18. The van der Waals surface area contributed by atoms with Crippen LogP contribution in [0, 0.1) is 17.5 Å². The van der Waals surface area contributed by atoms with Gasteiger partial charge in [0.1, 0.15) is 11.6 Å². The molecule has 174 valence electrons. The van der Waals surface area contributed by atoms with Crippen LogP contribution in [-0.2, 0) is 4.74 Å². The number of aromatic nitrogens is 1. The first kappa shape index (κ1) is 22.0. The van der Waals surface area contributed by atoms with Crippen molar-refractivity contribution in [3.8, 4) is 22.6 Å². The van der Waals surface area contributed by atoms with Crippen LogP contribution in [0.5, 0.6) is 5.75 Å². The molecular weight excluding hydrogens is 447 g/mol. The van der Waals surface area contributed by atoms with Gasteiger partial charge in [0.25, 0.3) is 0 Å². The highest BCUT2D eigenvalue weighted by atomic mass is 19.2. The van der Waals surface area contributed by atoms with E-state index in [1.165, 1.54) is 30.3 Å². The van der Waals surface area contributed by atoms with Crippen LogP contribution in [0.1, 0.15) is 34.8 Å². The number of hydrogen-bond donors (Lipinski definition) is 2. The van der Waals surface area contributed by atoms with Crippen LogP contribution in [0.3, 0.4) is 0 Å². The Kier molecular flexibility index (Phi) is 5.53. The summed E-state index contributed by atoms with van der Waals surface area (Å²) < 4.78 is 50.7. The molecule has 0 bridgehead atoms. The number of phenols is 1.